The largest absolute Gasteiger partial charge is 0.395 e. The van der Waals surface area contributed by atoms with E-state index in [4.69, 9.17) is 0 Å². The summed E-state index contributed by atoms with van der Waals surface area (Å²) in [7, 11) is 0. The van der Waals surface area contributed by atoms with Gasteiger partial charge in [-0.1, -0.05) is 19.3 Å². The standard InChI is InChI=1S/C15H28N2O2/c1-12-5-4-8-14(11-18)17(12)10-9-15(19)16-13-6-2-3-7-13/h12-14,18H,2-11H2,1H3,(H,16,19). The van der Waals surface area contributed by atoms with Crippen molar-refractivity contribution in [2.45, 2.75) is 76.4 Å². The maximum atomic E-state index is 11.9. The molecule has 2 atom stereocenters. The Morgan fingerprint density at radius 3 is 2.63 bits per heavy atom. The Balaban J connectivity index is 1.74. The molecule has 1 amide bonds. The van der Waals surface area contributed by atoms with E-state index < -0.39 is 0 Å². The Morgan fingerprint density at radius 1 is 1.21 bits per heavy atom. The summed E-state index contributed by atoms with van der Waals surface area (Å²) in [5.41, 5.74) is 0. The van der Waals surface area contributed by atoms with Crippen molar-refractivity contribution < 1.29 is 9.90 Å². The lowest BCUT2D eigenvalue weighted by molar-refractivity contribution is -0.122. The summed E-state index contributed by atoms with van der Waals surface area (Å²) in [6.07, 6.45) is 8.79. The van der Waals surface area contributed by atoms with Crippen LogP contribution in [-0.2, 0) is 4.79 Å². The molecule has 4 heteroatoms. The molecule has 0 aromatic rings. The number of aliphatic hydroxyl groups excluding tert-OH is 1. The van der Waals surface area contributed by atoms with Gasteiger partial charge in [0.2, 0.25) is 5.91 Å². The number of hydrogen-bond acceptors (Lipinski definition) is 3. The maximum absolute atomic E-state index is 11.9. The third-order valence-electron chi connectivity index (χ3n) is 4.72. The number of nitrogens with one attached hydrogen (secondary N) is 1. The summed E-state index contributed by atoms with van der Waals surface area (Å²) in [6, 6.07) is 1.16. The summed E-state index contributed by atoms with van der Waals surface area (Å²) in [4.78, 5) is 14.3. The Morgan fingerprint density at radius 2 is 1.95 bits per heavy atom. The first kappa shape index (κ1) is 14.8. The van der Waals surface area contributed by atoms with Crippen LogP contribution >= 0.6 is 0 Å². The van der Waals surface area contributed by atoms with Crippen LogP contribution < -0.4 is 5.32 Å². The normalized spacial score (nSPS) is 29.6. The van der Waals surface area contributed by atoms with Gasteiger partial charge < -0.3 is 10.4 Å². The highest BCUT2D eigenvalue weighted by atomic mass is 16.3. The SMILES string of the molecule is CC1CCCC(CO)N1CCC(=O)NC1CCCC1. The molecule has 2 fully saturated rings. The average Bonchev–Trinajstić information content (AvgIpc) is 2.89. The highest BCUT2D eigenvalue weighted by Gasteiger charge is 2.27. The minimum Gasteiger partial charge on any atom is -0.395 e. The van der Waals surface area contributed by atoms with E-state index in [0.29, 0.717) is 18.5 Å². The van der Waals surface area contributed by atoms with Crippen molar-refractivity contribution in [3.8, 4) is 0 Å². The molecule has 1 aliphatic carbocycles. The second-order valence-corrected chi connectivity index (χ2v) is 6.15. The van der Waals surface area contributed by atoms with Gasteiger partial charge in [-0.2, -0.15) is 0 Å². The van der Waals surface area contributed by atoms with Crippen LogP contribution in [0, 0.1) is 0 Å². The molecule has 0 bridgehead atoms. The van der Waals surface area contributed by atoms with Crippen molar-refractivity contribution in [2.75, 3.05) is 13.2 Å². The van der Waals surface area contributed by atoms with Crippen molar-refractivity contribution in [3.05, 3.63) is 0 Å². The first-order chi connectivity index (χ1) is 9.20. The van der Waals surface area contributed by atoms with Crippen LogP contribution in [0.2, 0.25) is 0 Å². The van der Waals surface area contributed by atoms with E-state index in [1.165, 1.54) is 25.7 Å². The second kappa shape index (κ2) is 7.25. The lowest BCUT2D eigenvalue weighted by Gasteiger charge is -2.39. The number of nitrogens with zero attached hydrogens (tertiary/aromatic N) is 1. The zero-order valence-corrected chi connectivity index (χ0v) is 12.1. The van der Waals surface area contributed by atoms with E-state index in [-0.39, 0.29) is 18.6 Å². The summed E-state index contributed by atoms with van der Waals surface area (Å²) < 4.78 is 0. The fourth-order valence-electron chi connectivity index (χ4n) is 3.54. The van der Waals surface area contributed by atoms with Gasteiger partial charge >= 0.3 is 0 Å². The second-order valence-electron chi connectivity index (χ2n) is 6.15. The molecule has 2 unspecified atom stereocenters. The van der Waals surface area contributed by atoms with Crippen LogP contribution in [-0.4, -0.2) is 47.2 Å². The van der Waals surface area contributed by atoms with Crippen LogP contribution in [0.4, 0.5) is 0 Å². The zero-order chi connectivity index (χ0) is 13.7. The number of amides is 1. The molecular weight excluding hydrogens is 240 g/mol. The fourth-order valence-corrected chi connectivity index (χ4v) is 3.54. The molecule has 0 radical (unpaired) electrons. The van der Waals surface area contributed by atoms with E-state index >= 15 is 0 Å². The number of carbonyl (C=O) groups excluding carboxylic acids is 1. The van der Waals surface area contributed by atoms with Crippen LogP contribution in [0.3, 0.4) is 0 Å². The number of rotatable bonds is 5. The number of likely N-dealkylation sites (tertiary alicyclic amines) is 1. The molecule has 19 heavy (non-hydrogen) atoms. The van der Waals surface area contributed by atoms with E-state index in [2.05, 4.69) is 17.1 Å². The Labute approximate surface area is 116 Å². The summed E-state index contributed by atoms with van der Waals surface area (Å²) in [5, 5.41) is 12.6. The van der Waals surface area contributed by atoms with Gasteiger partial charge in [0.1, 0.15) is 0 Å². The van der Waals surface area contributed by atoms with Gasteiger partial charge in [-0.3, -0.25) is 9.69 Å². The monoisotopic (exact) mass is 268 g/mol. The highest BCUT2D eigenvalue weighted by molar-refractivity contribution is 5.76. The molecule has 1 heterocycles. The third kappa shape index (κ3) is 4.18. The molecule has 110 valence electrons. The molecule has 4 nitrogen and oxygen atoms in total. The smallest absolute Gasteiger partial charge is 0.221 e. The van der Waals surface area contributed by atoms with E-state index in [0.717, 1.165) is 25.8 Å². The highest BCUT2D eigenvalue weighted by Crippen LogP contribution is 2.23. The molecule has 1 saturated heterocycles. The molecule has 2 rings (SSSR count). The van der Waals surface area contributed by atoms with Crippen molar-refractivity contribution in [1.82, 2.24) is 10.2 Å². The van der Waals surface area contributed by atoms with E-state index in [9.17, 15) is 9.90 Å². The molecule has 0 spiro atoms. The number of aliphatic hydroxyl groups is 1. The van der Waals surface area contributed by atoms with Crippen molar-refractivity contribution in [1.29, 1.82) is 0 Å². The third-order valence-corrected chi connectivity index (χ3v) is 4.72. The van der Waals surface area contributed by atoms with Crippen molar-refractivity contribution in [3.63, 3.8) is 0 Å². The van der Waals surface area contributed by atoms with Crippen LogP contribution in [0.15, 0.2) is 0 Å². The summed E-state index contributed by atoms with van der Waals surface area (Å²) >= 11 is 0. The van der Waals surface area contributed by atoms with Crippen LogP contribution in [0.1, 0.15) is 58.3 Å². The number of piperidine rings is 1. The maximum Gasteiger partial charge on any atom is 0.221 e. The lowest BCUT2D eigenvalue weighted by atomic mass is 9.96. The van der Waals surface area contributed by atoms with Gasteiger partial charge in [0, 0.05) is 31.1 Å². The van der Waals surface area contributed by atoms with E-state index in [1.807, 2.05) is 0 Å². The first-order valence-corrected chi connectivity index (χ1v) is 7.86. The number of carbonyl (C=O) groups is 1. The zero-order valence-electron chi connectivity index (χ0n) is 12.1. The lowest BCUT2D eigenvalue weighted by Crippen LogP contribution is -2.48. The van der Waals surface area contributed by atoms with E-state index in [1.54, 1.807) is 0 Å². The molecule has 2 aliphatic rings. The Bertz CT molecular complexity index is 290. The molecule has 0 aromatic carbocycles. The van der Waals surface area contributed by atoms with Gasteiger partial charge in [-0.25, -0.2) is 0 Å². The molecule has 2 N–H and O–H groups in total. The Kier molecular flexibility index (Phi) is 5.64. The summed E-state index contributed by atoms with van der Waals surface area (Å²) in [6.45, 7) is 3.20. The van der Waals surface area contributed by atoms with Crippen LogP contribution in [0.5, 0.6) is 0 Å². The van der Waals surface area contributed by atoms with Crippen molar-refractivity contribution >= 4 is 5.91 Å². The molecule has 1 saturated carbocycles. The van der Waals surface area contributed by atoms with Gasteiger partial charge in [0.25, 0.3) is 0 Å². The predicted octanol–water partition coefficient (Wildman–Crippen LogP) is 1.67. The molecular formula is C15H28N2O2. The van der Waals surface area contributed by atoms with Crippen molar-refractivity contribution in [2.24, 2.45) is 0 Å². The number of hydrogen-bond donors (Lipinski definition) is 2. The Hall–Kier alpha value is -0.610. The van der Waals surface area contributed by atoms with Gasteiger partial charge in [-0.15, -0.1) is 0 Å². The van der Waals surface area contributed by atoms with Crippen LogP contribution in [0.25, 0.3) is 0 Å². The van der Waals surface area contributed by atoms with Gasteiger partial charge in [0.15, 0.2) is 0 Å². The minimum atomic E-state index is 0.182. The van der Waals surface area contributed by atoms with Gasteiger partial charge in [0.05, 0.1) is 6.61 Å². The quantitative estimate of drug-likeness (QED) is 0.797. The summed E-state index contributed by atoms with van der Waals surface area (Å²) in [5.74, 6) is 0.182. The molecule has 1 aliphatic heterocycles. The first-order valence-electron chi connectivity index (χ1n) is 7.86. The van der Waals surface area contributed by atoms with Gasteiger partial charge in [-0.05, 0) is 32.6 Å². The minimum absolute atomic E-state index is 0.182. The fraction of sp³-hybridized carbons (Fsp3) is 0.933. The topological polar surface area (TPSA) is 52.6 Å². The molecule has 0 aromatic heterocycles. The predicted molar refractivity (Wildman–Crippen MR) is 75.9 cm³/mol. The average molecular weight is 268 g/mol.